The van der Waals surface area contributed by atoms with Crippen molar-refractivity contribution in [3.63, 3.8) is 0 Å². The molecule has 1 aromatic rings. The van der Waals surface area contributed by atoms with Gasteiger partial charge in [-0.15, -0.1) is 0 Å². The number of aliphatic hydroxyl groups is 1. The van der Waals surface area contributed by atoms with Crippen molar-refractivity contribution in [2.24, 2.45) is 5.92 Å². The molecule has 0 spiro atoms. The first-order valence-electron chi connectivity index (χ1n) is 7.15. The highest BCUT2D eigenvalue weighted by molar-refractivity contribution is 5.17. The maximum atomic E-state index is 10.2. The van der Waals surface area contributed by atoms with Crippen molar-refractivity contribution in [2.75, 3.05) is 13.1 Å². The van der Waals surface area contributed by atoms with Crippen LogP contribution in [0.15, 0.2) is 30.3 Å². The van der Waals surface area contributed by atoms with E-state index >= 15 is 0 Å². The Balaban J connectivity index is 1.84. The fourth-order valence-electron chi connectivity index (χ4n) is 2.87. The maximum absolute atomic E-state index is 10.2. The van der Waals surface area contributed by atoms with Gasteiger partial charge in [0.15, 0.2) is 0 Å². The molecule has 1 N–H and O–H groups in total. The van der Waals surface area contributed by atoms with E-state index in [-0.39, 0.29) is 6.10 Å². The highest BCUT2D eigenvalue weighted by Crippen LogP contribution is 2.24. The Morgan fingerprint density at radius 2 is 2.00 bits per heavy atom. The van der Waals surface area contributed by atoms with E-state index in [0.717, 1.165) is 24.4 Å². The van der Waals surface area contributed by atoms with Crippen LogP contribution in [0.5, 0.6) is 0 Å². The van der Waals surface area contributed by atoms with Crippen LogP contribution in [-0.2, 0) is 0 Å². The molecule has 0 amide bonds. The molecule has 2 heteroatoms. The lowest BCUT2D eigenvalue weighted by molar-refractivity contribution is 0.0840. The predicted octanol–water partition coefficient (Wildman–Crippen LogP) is 3.23. The third-order valence-electron chi connectivity index (χ3n) is 4.38. The SMILES string of the molecule is CC1CCCN(CCC(O)c2ccccc2)C1C. The molecule has 0 bridgehead atoms. The maximum Gasteiger partial charge on any atom is 0.0802 e. The summed E-state index contributed by atoms with van der Waals surface area (Å²) in [5.74, 6) is 0.785. The summed E-state index contributed by atoms with van der Waals surface area (Å²) < 4.78 is 0. The molecular formula is C16H25NO. The van der Waals surface area contributed by atoms with Crippen molar-refractivity contribution in [3.8, 4) is 0 Å². The molecule has 3 unspecified atom stereocenters. The zero-order valence-electron chi connectivity index (χ0n) is 11.5. The van der Waals surface area contributed by atoms with E-state index in [1.807, 2.05) is 30.3 Å². The molecule has 2 nitrogen and oxygen atoms in total. The van der Waals surface area contributed by atoms with E-state index in [9.17, 15) is 5.11 Å². The van der Waals surface area contributed by atoms with Crippen LogP contribution in [0.3, 0.4) is 0 Å². The van der Waals surface area contributed by atoms with Crippen LogP contribution in [0.2, 0.25) is 0 Å². The molecule has 1 aromatic carbocycles. The molecule has 0 saturated carbocycles. The first kappa shape index (κ1) is 13.6. The fourth-order valence-corrected chi connectivity index (χ4v) is 2.87. The zero-order chi connectivity index (χ0) is 13.0. The van der Waals surface area contributed by atoms with E-state index in [1.165, 1.54) is 19.4 Å². The summed E-state index contributed by atoms with van der Waals surface area (Å²) >= 11 is 0. The number of piperidine rings is 1. The molecule has 0 radical (unpaired) electrons. The Kier molecular flexibility index (Phi) is 4.79. The van der Waals surface area contributed by atoms with Crippen molar-refractivity contribution in [1.29, 1.82) is 0 Å². The first-order chi connectivity index (χ1) is 8.68. The normalized spacial score (nSPS) is 27.1. The lowest BCUT2D eigenvalue weighted by Crippen LogP contribution is -2.43. The summed E-state index contributed by atoms with van der Waals surface area (Å²) in [6.07, 6.45) is 3.16. The monoisotopic (exact) mass is 247 g/mol. The summed E-state index contributed by atoms with van der Waals surface area (Å²) in [6, 6.07) is 10.6. The molecule has 0 aromatic heterocycles. The highest BCUT2D eigenvalue weighted by atomic mass is 16.3. The summed E-state index contributed by atoms with van der Waals surface area (Å²) in [5.41, 5.74) is 1.04. The van der Waals surface area contributed by atoms with Gasteiger partial charge >= 0.3 is 0 Å². The van der Waals surface area contributed by atoms with Crippen molar-refractivity contribution in [3.05, 3.63) is 35.9 Å². The molecule has 1 heterocycles. The first-order valence-corrected chi connectivity index (χ1v) is 7.15. The van der Waals surface area contributed by atoms with Crippen LogP contribution in [0.4, 0.5) is 0 Å². The van der Waals surface area contributed by atoms with Crippen LogP contribution >= 0.6 is 0 Å². The largest absolute Gasteiger partial charge is 0.388 e. The number of rotatable bonds is 4. The third kappa shape index (κ3) is 3.33. The number of hydrogen-bond acceptors (Lipinski definition) is 2. The third-order valence-corrected chi connectivity index (χ3v) is 4.38. The molecule has 1 saturated heterocycles. The van der Waals surface area contributed by atoms with Crippen LogP contribution in [-0.4, -0.2) is 29.1 Å². The summed E-state index contributed by atoms with van der Waals surface area (Å²) in [4.78, 5) is 2.53. The summed E-state index contributed by atoms with van der Waals surface area (Å²) in [5, 5.41) is 10.2. The molecular weight excluding hydrogens is 222 g/mol. The average Bonchev–Trinajstić information content (AvgIpc) is 2.41. The van der Waals surface area contributed by atoms with Crippen molar-refractivity contribution < 1.29 is 5.11 Å². The van der Waals surface area contributed by atoms with Gasteiger partial charge < -0.3 is 10.0 Å². The smallest absolute Gasteiger partial charge is 0.0802 e. The van der Waals surface area contributed by atoms with E-state index in [0.29, 0.717) is 6.04 Å². The average molecular weight is 247 g/mol. The lowest BCUT2D eigenvalue weighted by atomic mass is 9.91. The summed E-state index contributed by atoms with van der Waals surface area (Å²) in [6.45, 7) is 6.84. The van der Waals surface area contributed by atoms with E-state index in [2.05, 4.69) is 18.7 Å². The van der Waals surface area contributed by atoms with Gasteiger partial charge in [-0.05, 0) is 44.2 Å². The molecule has 3 atom stereocenters. The molecule has 1 aliphatic rings. The number of likely N-dealkylation sites (tertiary alicyclic amines) is 1. The minimum Gasteiger partial charge on any atom is -0.388 e. The molecule has 18 heavy (non-hydrogen) atoms. The van der Waals surface area contributed by atoms with Gasteiger partial charge in [0, 0.05) is 12.6 Å². The zero-order valence-corrected chi connectivity index (χ0v) is 11.5. The van der Waals surface area contributed by atoms with Gasteiger partial charge in [0.1, 0.15) is 0 Å². The van der Waals surface area contributed by atoms with Crippen molar-refractivity contribution in [2.45, 2.75) is 45.3 Å². The van der Waals surface area contributed by atoms with Gasteiger partial charge in [-0.1, -0.05) is 37.3 Å². The van der Waals surface area contributed by atoms with Crippen LogP contribution in [0.25, 0.3) is 0 Å². The van der Waals surface area contributed by atoms with Gasteiger partial charge in [-0.2, -0.15) is 0 Å². The van der Waals surface area contributed by atoms with Crippen molar-refractivity contribution >= 4 is 0 Å². The Hall–Kier alpha value is -0.860. The number of benzene rings is 1. The molecule has 1 aliphatic heterocycles. The standard InChI is InChI=1S/C16H25NO/c1-13-7-6-11-17(14(13)2)12-10-16(18)15-8-4-3-5-9-15/h3-5,8-9,13-14,16,18H,6-7,10-12H2,1-2H3. The Labute approximate surface area is 111 Å². The minimum absolute atomic E-state index is 0.323. The molecule has 2 rings (SSSR count). The Bertz CT molecular complexity index is 351. The van der Waals surface area contributed by atoms with E-state index in [4.69, 9.17) is 0 Å². The number of nitrogens with zero attached hydrogens (tertiary/aromatic N) is 1. The highest BCUT2D eigenvalue weighted by Gasteiger charge is 2.24. The van der Waals surface area contributed by atoms with Crippen LogP contribution in [0.1, 0.15) is 44.8 Å². The second-order valence-electron chi connectivity index (χ2n) is 5.61. The quantitative estimate of drug-likeness (QED) is 0.883. The summed E-state index contributed by atoms with van der Waals surface area (Å²) in [7, 11) is 0. The topological polar surface area (TPSA) is 23.5 Å². The van der Waals surface area contributed by atoms with E-state index in [1.54, 1.807) is 0 Å². The van der Waals surface area contributed by atoms with Crippen molar-refractivity contribution in [1.82, 2.24) is 4.90 Å². The second-order valence-corrected chi connectivity index (χ2v) is 5.61. The molecule has 0 aliphatic carbocycles. The molecule has 100 valence electrons. The van der Waals surface area contributed by atoms with Crippen LogP contribution in [0, 0.1) is 5.92 Å². The van der Waals surface area contributed by atoms with E-state index < -0.39 is 0 Å². The lowest BCUT2D eigenvalue weighted by Gasteiger charge is -2.38. The minimum atomic E-state index is -0.323. The fraction of sp³-hybridized carbons (Fsp3) is 0.625. The number of hydrogen-bond donors (Lipinski definition) is 1. The second kappa shape index (κ2) is 6.35. The van der Waals surface area contributed by atoms with Gasteiger partial charge in [0.25, 0.3) is 0 Å². The van der Waals surface area contributed by atoms with Gasteiger partial charge in [-0.25, -0.2) is 0 Å². The molecule has 1 fully saturated rings. The van der Waals surface area contributed by atoms with Gasteiger partial charge in [0.2, 0.25) is 0 Å². The van der Waals surface area contributed by atoms with Gasteiger partial charge in [-0.3, -0.25) is 0 Å². The van der Waals surface area contributed by atoms with Gasteiger partial charge in [0.05, 0.1) is 6.10 Å². The number of aliphatic hydroxyl groups excluding tert-OH is 1. The Morgan fingerprint density at radius 3 is 2.72 bits per heavy atom. The van der Waals surface area contributed by atoms with Crippen LogP contribution < -0.4 is 0 Å². The Morgan fingerprint density at radius 1 is 1.28 bits per heavy atom. The predicted molar refractivity (Wildman–Crippen MR) is 75.5 cm³/mol.